The van der Waals surface area contributed by atoms with Crippen molar-refractivity contribution in [2.75, 3.05) is 53.0 Å². The number of para-hydroxylation sites is 1. The van der Waals surface area contributed by atoms with Crippen molar-refractivity contribution in [2.24, 2.45) is 0 Å². The number of hydrogen-bond acceptors (Lipinski definition) is 6. The maximum Gasteiger partial charge on any atom is 0.319 e. The van der Waals surface area contributed by atoms with Crippen LogP contribution in [0.25, 0.3) is 10.9 Å². The van der Waals surface area contributed by atoms with Crippen LogP contribution in [0.4, 0.5) is 0 Å². The SMILES string of the molecule is COC(=O)CN(CCN1CCOCC1)Cc1cccc2cccnc12. The fourth-order valence-corrected chi connectivity index (χ4v) is 3.10. The monoisotopic (exact) mass is 343 g/mol. The topological polar surface area (TPSA) is 54.9 Å². The van der Waals surface area contributed by atoms with E-state index in [1.54, 1.807) is 0 Å². The van der Waals surface area contributed by atoms with Crippen LogP contribution in [0.2, 0.25) is 0 Å². The molecule has 1 fully saturated rings. The van der Waals surface area contributed by atoms with E-state index in [2.05, 4.69) is 33.0 Å². The second-order valence-electron chi connectivity index (χ2n) is 6.23. The number of rotatable bonds is 7. The lowest BCUT2D eigenvalue weighted by atomic mass is 10.1. The van der Waals surface area contributed by atoms with Crippen molar-refractivity contribution in [2.45, 2.75) is 6.54 Å². The molecule has 0 amide bonds. The molecule has 0 spiro atoms. The summed E-state index contributed by atoms with van der Waals surface area (Å²) in [5.74, 6) is -0.213. The van der Waals surface area contributed by atoms with Gasteiger partial charge in [-0.25, -0.2) is 0 Å². The molecule has 2 heterocycles. The highest BCUT2D eigenvalue weighted by molar-refractivity contribution is 5.81. The van der Waals surface area contributed by atoms with Gasteiger partial charge in [0.15, 0.2) is 0 Å². The second-order valence-corrected chi connectivity index (χ2v) is 6.23. The highest BCUT2D eigenvalue weighted by atomic mass is 16.5. The maximum absolute atomic E-state index is 11.8. The summed E-state index contributed by atoms with van der Waals surface area (Å²) in [6.07, 6.45) is 1.81. The highest BCUT2D eigenvalue weighted by Crippen LogP contribution is 2.17. The van der Waals surface area contributed by atoms with Gasteiger partial charge in [-0.2, -0.15) is 0 Å². The van der Waals surface area contributed by atoms with Crippen LogP contribution in [-0.4, -0.2) is 73.8 Å². The first kappa shape index (κ1) is 17.8. The Morgan fingerprint density at radius 2 is 2.08 bits per heavy atom. The van der Waals surface area contributed by atoms with E-state index in [0.29, 0.717) is 6.54 Å². The molecule has 0 radical (unpaired) electrons. The Labute approximate surface area is 148 Å². The third-order valence-electron chi connectivity index (χ3n) is 4.53. The maximum atomic E-state index is 11.8. The number of carbonyl (C=O) groups excluding carboxylic acids is 1. The standard InChI is InChI=1S/C19H25N3O3/c1-24-18(23)15-22(9-8-21-10-12-25-13-11-21)14-17-5-2-4-16-6-3-7-20-19(16)17/h2-7H,8-15H2,1H3. The van der Waals surface area contributed by atoms with E-state index in [1.165, 1.54) is 7.11 Å². The molecule has 6 heteroatoms. The van der Waals surface area contributed by atoms with Crippen LogP contribution < -0.4 is 0 Å². The Hall–Kier alpha value is -2.02. The van der Waals surface area contributed by atoms with Crippen LogP contribution in [0.3, 0.4) is 0 Å². The molecule has 0 atom stereocenters. The molecule has 3 rings (SSSR count). The summed E-state index contributed by atoms with van der Waals surface area (Å²) in [5, 5.41) is 1.12. The Morgan fingerprint density at radius 3 is 2.88 bits per heavy atom. The van der Waals surface area contributed by atoms with Crippen LogP contribution in [-0.2, 0) is 20.8 Å². The zero-order chi connectivity index (χ0) is 17.5. The van der Waals surface area contributed by atoms with Crippen molar-refractivity contribution < 1.29 is 14.3 Å². The number of aromatic nitrogens is 1. The number of ether oxygens (including phenoxy) is 2. The predicted octanol–water partition coefficient (Wildman–Crippen LogP) is 1.54. The summed E-state index contributed by atoms with van der Waals surface area (Å²) in [7, 11) is 1.43. The van der Waals surface area contributed by atoms with Gasteiger partial charge in [0.05, 0.1) is 32.4 Å². The minimum atomic E-state index is -0.213. The normalized spacial score (nSPS) is 15.6. The van der Waals surface area contributed by atoms with Gasteiger partial charge in [-0.15, -0.1) is 0 Å². The van der Waals surface area contributed by atoms with Crippen LogP contribution in [0, 0.1) is 0 Å². The van der Waals surface area contributed by atoms with Crippen LogP contribution in [0.1, 0.15) is 5.56 Å². The average Bonchev–Trinajstić information content (AvgIpc) is 2.67. The lowest BCUT2D eigenvalue weighted by molar-refractivity contribution is -0.142. The van der Waals surface area contributed by atoms with E-state index >= 15 is 0 Å². The number of carbonyl (C=O) groups is 1. The summed E-state index contributed by atoms with van der Waals surface area (Å²) >= 11 is 0. The van der Waals surface area contributed by atoms with Crippen LogP contribution in [0.15, 0.2) is 36.5 Å². The highest BCUT2D eigenvalue weighted by Gasteiger charge is 2.16. The van der Waals surface area contributed by atoms with Gasteiger partial charge in [0.25, 0.3) is 0 Å². The minimum absolute atomic E-state index is 0.213. The Balaban J connectivity index is 1.70. The number of fused-ring (bicyclic) bond motifs is 1. The van der Waals surface area contributed by atoms with Gasteiger partial charge in [0.2, 0.25) is 0 Å². The van der Waals surface area contributed by atoms with Crippen molar-refractivity contribution in [1.29, 1.82) is 0 Å². The predicted molar refractivity (Wildman–Crippen MR) is 96.3 cm³/mol. The molecule has 1 aliphatic heterocycles. The van der Waals surface area contributed by atoms with Crippen molar-refractivity contribution in [3.8, 4) is 0 Å². The average molecular weight is 343 g/mol. The van der Waals surface area contributed by atoms with Crippen molar-refractivity contribution >= 4 is 16.9 Å². The largest absolute Gasteiger partial charge is 0.468 e. The molecule has 2 aromatic rings. The first-order valence-corrected chi connectivity index (χ1v) is 8.68. The van der Waals surface area contributed by atoms with Crippen LogP contribution in [0.5, 0.6) is 0 Å². The Kier molecular flexibility index (Phi) is 6.33. The quantitative estimate of drug-likeness (QED) is 0.711. The summed E-state index contributed by atoms with van der Waals surface area (Å²) in [4.78, 5) is 20.8. The van der Waals surface area contributed by atoms with E-state index in [1.807, 2.05) is 18.3 Å². The number of pyridine rings is 1. The van der Waals surface area contributed by atoms with Gasteiger partial charge in [-0.05, 0) is 11.6 Å². The number of esters is 1. The number of morpholine rings is 1. The molecule has 0 bridgehead atoms. The fourth-order valence-electron chi connectivity index (χ4n) is 3.10. The molecule has 1 aromatic carbocycles. The third kappa shape index (κ3) is 4.98. The number of methoxy groups -OCH3 is 1. The summed E-state index contributed by atoms with van der Waals surface area (Å²) in [6.45, 7) is 6.13. The van der Waals surface area contributed by atoms with E-state index in [-0.39, 0.29) is 12.5 Å². The van der Waals surface area contributed by atoms with Gasteiger partial charge >= 0.3 is 5.97 Å². The van der Waals surface area contributed by atoms with E-state index in [0.717, 1.165) is 55.9 Å². The second kappa shape index (κ2) is 8.89. The lowest BCUT2D eigenvalue weighted by Gasteiger charge is -2.29. The lowest BCUT2D eigenvalue weighted by Crippen LogP contribution is -2.42. The van der Waals surface area contributed by atoms with E-state index in [4.69, 9.17) is 9.47 Å². The summed E-state index contributed by atoms with van der Waals surface area (Å²) in [5.41, 5.74) is 2.12. The zero-order valence-corrected chi connectivity index (χ0v) is 14.7. The fraction of sp³-hybridized carbons (Fsp3) is 0.474. The molecule has 0 unspecified atom stereocenters. The molecular weight excluding hydrogens is 318 g/mol. The molecule has 1 saturated heterocycles. The molecule has 25 heavy (non-hydrogen) atoms. The zero-order valence-electron chi connectivity index (χ0n) is 14.7. The minimum Gasteiger partial charge on any atom is -0.468 e. The first-order chi connectivity index (χ1) is 12.3. The molecule has 6 nitrogen and oxygen atoms in total. The molecule has 1 aliphatic rings. The Bertz CT molecular complexity index is 696. The molecule has 134 valence electrons. The molecular formula is C19H25N3O3. The summed E-state index contributed by atoms with van der Waals surface area (Å²) in [6, 6.07) is 10.2. The van der Waals surface area contributed by atoms with Crippen molar-refractivity contribution in [1.82, 2.24) is 14.8 Å². The summed E-state index contributed by atoms with van der Waals surface area (Å²) < 4.78 is 10.3. The third-order valence-corrected chi connectivity index (χ3v) is 4.53. The molecule has 1 aromatic heterocycles. The Morgan fingerprint density at radius 1 is 1.28 bits per heavy atom. The number of hydrogen-bond donors (Lipinski definition) is 0. The van der Waals surface area contributed by atoms with Gasteiger partial charge in [-0.3, -0.25) is 19.6 Å². The van der Waals surface area contributed by atoms with Gasteiger partial charge in [0, 0.05) is 44.3 Å². The van der Waals surface area contributed by atoms with Gasteiger partial charge in [0.1, 0.15) is 0 Å². The molecule has 0 aliphatic carbocycles. The first-order valence-electron chi connectivity index (χ1n) is 8.68. The van der Waals surface area contributed by atoms with Crippen LogP contribution >= 0.6 is 0 Å². The molecule has 0 saturated carbocycles. The van der Waals surface area contributed by atoms with Crippen molar-refractivity contribution in [3.63, 3.8) is 0 Å². The van der Waals surface area contributed by atoms with E-state index < -0.39 is 0 Å². The van der Waals surface area contributed by atoms with Crippen molar-refractivity contribution in [3.05, 3.63) is 42.1 Å². The molecule has 0 N–H and O–H groups in total. The van der Waals surface area contributed by atoms with Gasteiger partial charge < -0.3 is 9.47 Å². The smallest absolute Gasteiger partial charge is 0.319 e. The number of benzene rings is 1. The number of nitrogens with zero attached hydrogens (tertiary/aromatic N) is 3. The van der Waals surface area contributed by atoms with Gasteiger partial charge in [-0.1, -0.05) is 24.3 Å². The van der Waals surface area contributed by atoms with E-state index in [9.17, 15) is 4.79 Å².